The summed E-state index contributed by atoms with van der Waals surface area (Å²) < 4.78 is 20.0. The Balaban J connectivity index is 1.56. The van der Waals surface area contributed by atoms with Crippen LogP contribution in [0.3, 0.4) is 0 Å². The molecule has 5 heteroatoms. The molecule has 0 saturated heterocycles. The highest BCUT2D eigenvalue weighted by atomic mass is 19.1. The largest absolute Gasteiger partial charge is 0.377 e. The Kier molecular flexibility index (Phi) is 6.71. The fourth-order valence-electron chi connectivity index (χ4n) is 4.84. The number of hydrogen-bond acceptors (Lipinski definition) is 2. The monoisotopic (exact) mass is 422 g/mol. The summed E-state index contributed by atoms with van der Waals surface area (Å²) in [6.07, 6.45) is 2.59. The zero-order valence-electron chi connectivity index (χ0n) is 18.4. The molecule has 0 saturated carbocycles. The van der Waals surface area contributed by atoms with E-state index < -0.39 is 0 Å². The van der Waals surface area contributed by atoms with E-state index in [1.807, 2.05) is 36.9 Å². The van der Waals surface area contributed by atoms with Crippen LogP contribution < -0.4 is 0 Å². The number of fused-ring (bicyclic) bond motifs is 3. The van der Waals surface area contributed by atoms with E-state index in [1.54, 1.807) is 12.1 Å². The van der Waals surface area contributed by atoms with E-state index in [1.165, 1.54) is 6.07 Å². The van der Waals surface area contributed by atoms with Crippen molar-refractivity contribution in [3.05, 3.63) is 71.2 Å². The Bertz CT molecular complexity index is 1030. The highest BCUT2D eigenvalue weighted by Gasteiger charge is 2.36. The minimum Gasteiger partial charge on any atom is -0.377 e. The smallest absolute Gasteiger partial charge is 0.230 e. The molecule has 2 unspecified atom stereocenters. The van der Waals surface area contributed by atoms with E-state index in [4.69, 9.17) is 4.74 Å². The Morgan fingerprint density at radius 3 is 2.65 bits per heavy atom. The van der Waals surface area contributed by atoms with Crippen molar-refractivity contribution in [2.45, 2.75) is 51.6 Å². The molecule has 1 heterocycles. The van der Waals surface area contributed by atoms with Crippen LogP contribution in [-0.2, 0) is 16.1 Å². The number of rotatable bonds is 8. The number of benzene rings is 2. The van der Waals surface area contributed by atoms with Crippen molar-refractivity contribution in [2.75, 3.05) is 19.7 Å². The third-order valence-corrected chi connectivity index (χ3v) is 6.49. The zero-order chi connectivity index (χ0) is 21.8. The Morgan fingerprint density at radius 2 is 1.90 bits per heavy atom. The summed E-state index contributed by atoms with van der Waals surface area (Å²) in [4.78, 5) is 18.7. The maximum absolute atomic E-state index is 14.1. The van der Waals surface area contributed by atoms with Gasteiger partial charge in [-0.15, -0.1) is 0 Å². The number of likely N-dealkylation sites (N-methyl/N-ethyl adjacent to an activating group) is 1. The van der Waals surface area contributed by atoms with Gasteiger partial charge in [0.1, 0.15) is 5.82 Å². The van der Waals surface area contributed by atoms with Gasteiger partial charge in [-0.25, -0.2) is 4.39 Å². The summed E-state index contributed by atoms with van der Waals surface area (Å²) in [7, 11) is 0. The number of hydrogen-bond donors (Lipinski definition) is 1. The molecule has 0 aliphatic heterocycles. The molecule has 0 spiro atoms. The van der Waals surface area contributed by atoms with E-state index >= 15 is 0 Å². The van der Waals surface area contributed by atoms with Gasteiger partial charge in [-0.05, 0) is 62.4 Å². The van der Waals surface area contributed by atoms with Crippen molar-refractivity contribution in [1.82, 2.24) is 9.88 Å². The minimum atomic E-state index is -0.267. The molecular weight excluding hydrogens is 391 g/mol. The van der Waals surface area contributed by atoms with Crippen molar-refractivity contribution in [2.24, 2.45) is 0 Å². The quantitative estimate of drug-likeness (QED) is 0.470. The van der Waals surface area contributed by atoms with E-state index in [9.17, 15) is 9.18 Å². The molecule has 1 aromatic heterocycles. The first-order valence-corrected chi connectivity index (χ1v) is 11.3. The lowest BCUT2D eigenvalue weighted by molar-refractivity contribution is -0.132. The summed E-state index contributed by atoms with van der Waals surface area (Å²) >= 11 is 0. The van der Waals surface area contributed by atoms with Gasteiger partial charge in [-0.1, -0.05) is 30.3 Å². The first-order valence-electron chi connectivity index (χ1n) is 11.3. The molecule has 3 aromatic rings. The number of carbonyl (C=O) groups excluding carboxylic acids is 1. The third-order valence-electron chi connectivity index (χ3n) is 6.49. The molecule has 1 N–H and O–H groups in total. The first kappa shape index (κ1) is 21.6. The fourth-order valence-corrected chi connectivity index (χ4v) is 4.84. The molecule has 31 heavy (non-hydrogen) atoms. The second-order valence-corrected chi connectivity index (χ2v) is 8.31. The Hall–Kier alpha value is -2.66. The highest BCUT2D eigenvalue weighted by Crippen LogP contribution is 2.44. The van der Waals surface area contributed by atoms with Crippen LogP contribution in [0.1, 0.15) is 61.8 Å². The lowest BCUT2D eigenvalue weighted by Gasteiger charge is -2.32. The number of H-pyrrole nitrogens is 1. The molecule has 0 radical (unpaired) electrons. The van der Waals surface area contributed by atoms with Gasteiger partial charge in [0.15, 0.2) is 0 Å². The van der Waals surface area contributed by atoms with Gasteiger partial charge < -0.3 is 14.6 Å². The Labute approximate surface area is 183 Å². The standard InChI is InChI=1S/C26H31FN2O2/c1-3-29(4-2)26(30)21-12-10-19(14-15-31-17-18-8-6-5-7-9-18)25-24(21)22-16-20(27)11-13-23(22)28-25/h5-9,11,13,16,19,21,28H,3-4,10,12,14-15,17H2,1-2H3. The van der Waals surface area contributed by atoms with Gasteiger partial charge in [0.2, 0.25) is 5.91 Å². The summed E-state index contributed by atoms with van der Waals surface area (Å²) in [5.41, 5.74) is 4.14. The lowest BCUT2D eigenvalue weighted by Crippen LogP contribution is -2.36. The minimum absolute atomic E-state index is 0.148. The van der Waals surface area contributed by atoms with Crippen LogP contribution in [-0.4, -0.2) is 35.5 Å². The first-order chi connectivity index (χ1) is 15.1. The predicted molar refractivity (Wildman–Crippen MR) is 122 cm³/mol. The van der Waals surface area contributed by atoms with Crippen LogP contribution in [0.25, 0.3) is 10.9 Å². The van der Waals surface area contributed by atoms with Gasteiger partial charge in [0, 0.05) is 42.2 Å². The number of nitrogens with one attached hydrogen (secondary N) is 1. The number of aromatic nitrogens is 1. The van der Waals surface area contributed by atoms with E-state index in [-0.39, 0.29) is 23.6 Å². The normalized spacial score (nSPS) is 18.2. The van der Waals surface area contributed by atoms with Crippen LogP contribution in [0.2, 0.25) is 0 Å². The molecular formula is C26H31FN2O2. The highest BCUT2D eigenvalue weighted by molar-refractivity contribution is 5.93. The number of aromatic amines is 1. The molecule has 2 atom stereocenters. The van der Waals surface area contributed by atoms with Crippen molar-refractivity contribution >= 4 is 16.8 Å². The number of amides is 1. The molecule has 4 rings (SSSR count). The number of nitrogens with zero attached hydrogens (tertiary/aromatic N) is 1. The maximum atomic E-state index is 14.1. The van der Waals surface area contributed by atoms with Crippen LogP contribution in [0, 0.1) is 5.82 Å². The zero-order valence-corrected chi connectivity index (χ0v) is 18.4. The number of carbonyl (C=O) groups is 1. The van der Waals surface area contributed by atoms with Crippen molar-refractivity contribution in [3.63, 3.8) is 0 Å². The van der Waals surface area contributed by atoms with E-state index in [2.05, 4.69) is 17.1 Å². The van der Waals surface area contributed by atoms with E-state index in [0.29, 0.717) is 26.3 Å². The molecule has 1 aliphatic rings. The second kappa shape index (κ2) is 9.65. The van der Waals surface area contributed by atoms with Crippen LogP contribution in [0.4, 0.5) is 4.39 Å². The third kappa shape index (κ3) is 4.52. The second-order valence-electron chi connectivity index (χ2n) is 8.31. The predicted octanol–water partition coefficient (Wildman–Crippen LogP) is 5.74. The number of halogens is 1. The Morgan fingerprint density at radius 1 is 1.13 bits per heavy atom. The molecule has 2 aromatic carbocycles. The fraction of sp³-hybridized carbons (Fsp3) is 0.423. The molecule has 0 fully saturated rings. The maximum Gasteiger partial charge on any atom is 0.230 e. The average molecular weight is 423 g/mol. The van der Waals surface area contributed by atoms with Gasteiger partial charge in [0.05, 0.1) is 12.5 Å². The van der Waals surface area contributed by atoms with Gasteiger partial charge in [-0.3, -0.25) is 4.79 Å². The van der Waals surface area contributed by atoms with Crippen molar-refractivity contribution in [3.8, 4) is 0 Å². The van der Waals surface area contributed by atoms with Crippen molar-refractivity contribution in [1.29, 1.82) is 0 Å². The molecule has 164 valence electrons. The SMILES string of the molecule is CCN(CC)C(=O)C1CCC(CCOCc2ccccc2)c2[nH]c3ccc(F)cc3c21. The van der Waals surface area contributed by atoms with Gasteiger partial charge >= 0.3 is 0 Å². The molecule has 1 aliphatic carbocycles. The van der Waals surface area contributed by atoms with Crippen molar-refractivity contribution < 1.29 is 13.9 Å². The summed E-state index contributed by atoms with van der Waals surface area (Å²) in [5, 5.41) is 0.843. The average Bonchev–Trinajstić information content (AvgIpc) is 3.17. The van der Waals surface area contributed by atoms with Gasteiger partial charge in [-0.2, -0.15) is 0 Å². The summed E-state index contributed by atoms with van der Waals surface area (Å²) in [6, 6.07) is 15.0. The number of ether oxygens (including phenoxy) is 1. The van der Waals surface area contributed by atoms with Crippen LogP contribution in [0.5, 0.6) is 0 Å². The van der Waals surface area contributed by atoms with Crippen LogP contribution >= 0.6 is 0 Å². The van der Waals surface area contributed by atoms with Gasteiger partial charge in [0.25, 0.3) is 0 Å². The topological polar surface area (TPSA) is 45.3 Å². The van der Waals surface area contributed by atoms with E-state index in [0.717, 1.165) is 47.0 Å². The molecule has 4 nitrogen and oxygen atoms in total. The summed E-state index contributed by atoms with van der Waals surface area (Å²) in [6.45, 7) is 6.64. The lowest BCUT2D eigenvalue weighted by atomic mass is 9.77. The summed E-state index contributed by atoms with van der Waals surface area (Å²) in [5.74, 6) is -0.0548. The molecule has 0 bridgehead atoms. The molecule has 1 amide bonds. The van der Waals surface area contributed by atoms with Crippen LogP contribution in [0.15, 0.2) is 48.5 Å².